The van der Waals surface area contributed by atoms with Gasteiger partial charge in [-0.2, -0.15) is 0 Å². The van der Waals surface area contributed by atoms with Crippen LogP contribution in [0.15, 0.2) is 42.2 Å². The molecule has 8 nitrogen and oxygen atoms in total. The number of rotatable bonds is 7. The minimum Gasteiger partial charge on any atom is -0.340 e. The number of H-pyrrole nitrogens is 1. The topological polar surface area (TPSA) is 90.0 Å². The molecule has 2 N–H and O–H groups in total. The third-order valence-electron chi connectivity index (χ3n) is 6.10. The second-order valence-electron chi connectivity index (χ2n) is 8.52. The maximum Gasteiger partial charge on any atom is 0.320 e. The van der Waals surface area contributed by atoms with Gasteiger partial charge in [-0.15, -0.1) is 11.3 Å². The summed E-state index contributed by atoms with van der Waals surface area (Å²) in [6, 6.07) is 8.36. The first-order chi connectivity index (χ1) is 16.7. The average Bonchev–Trinajstić information content (AvgIpc) is 3.51. The van der Waals surface area contributed by atoms with E-state index in [0.29, 0.717) is 6.54 Å². The van der Waals surface area contributed by atoms with Gasteiger partial charge in [0.2, 0.25) is 0 Å². The van der Waals surface area contributed by atoms with Gasteiger partial charge >= 0.3 is 6.03 Å². The Balaban J connectivity index is 1.34. The van der Waals surface area contributed by atoms with Gasteiger partial charge in [-0.05, 0) is 49.1 Å². The molecule has 0 aliphatic carbocycles. The van der Waals surface area contributed by atoms with Crippen molar-refractivity contribution < 1.29 is 4.79 Å². The van der Waals surface area contributed by atoms with Crippen LogP contribution in [0, 0.1) is 0 Å². The minimum atomic E-state index is 0.144. The molecule has 0 saturated heterocycles. The van der Waals surface area contributed by atoms with Crippen LogP contribution in [0.3, 0.4) is 0 Å². The second-order valence-corrected chi connectivity index (χ2v) is 9.41. The Morgan fingerprint density at radius 2 is 2.03 bits per heavy atom. The van der Waals surface area contributed by atoms with Crippen LogP contribution in [0.2, 0.25) is 0 Å². The van der Waals surface area contributed by atoms with Gasteiger partial charge in [0.15, 0.2) is 0 Å². The molecule has 1 aliphatic heterocycles. The molecule has 0 atom stereocenters. The standard InChI is InChI=1S/C25H29N7OS/c1-3-9-31(10-4-2)25(33)32-11-7-17(8-12-32)21-14-19-23(26-15-27-24(19)30-21)29-18-5-6-20-22(13-18)34-16-28-20/h5-7,13-16H,3-4,8-12H2,1-2H3,(H2,26,27,29,30). The van der Waals surface area contributed by atoms with Crippen molar-refractivity contribution >= 4 is 55.7 Å². The van der Waals surface area contributed by atoms with Crippen molar-refractivity contribution in [3.8, 4) is 0 Å². The Labute approximate surface area is 202 Å². The lowest BCUT2D eigenvalue weighted by molar-refractivity contribution is 0.157. The number of nitrogens with zero attached hydrogens (tertiary/aromatic N) is 5. The van der Waals surface area contributed by atoms with Crippen molar-refractivity contribution in [2.45, 2.75) is 33.1 Å². The molecule has 0 spiro atoms. The molecule has 3 aromatic heterocycles. The molecule has 34 heavy (non-hydrogen) atoms. The van der Waals surface area contributed by atoms with Crippen LogP contribution in [0.1, 0.15) is 38.8 Å². The number of urea groups is 1. The molecular formula is C25H29N7OS. The number of amides is 2. The molecule has 0 radical (unpaired) electrons. The molecule has 4 heterocycles. The predicted molar refractivity (Wildman–Crippen MR) is 139 cm³/mol. The third kappa shape index (κ3) is 4.48. The number of fused-ring (bicyclic) bond motifs is 2. The molecular weight excluding hydrogens is 446 g/mol. The summed E-state index contributed by atoms with van der Waals surface area (Å²) >= 11 is 1.62. The van der Waals surface area contributed by atoms with Crippen LogP contribution in [-0.4, -0.2) is 61.9 Å². The molecule has 1 aliphatic rings. The van der Waals surface area contributed by atoms with E-state index in [2.05, 4.69) is 57.3 Å². The lowest BCUT2D eigenvalue weighted by atomic mass is 10.0. The third-order valence-corrected chi connectivity index (χ3v) is 6.89. The Hall–Kier alpha value is -3.46. The van der Waals surface area contributed by atoms with Crippen molar-refractivity contribution in [1.82, 2.24) is 29.7 Å². The first-order valence-corrected chi connectivity index (χ1v) is 12.7. The summed E-state index contributed by atoms with van der Waals surface area (Å²) in [5.41, 5.74) is 6.85. The fourth-order valence-electron chi connectivity index (χ4n) is 4.41. The zero-order valence-electron chi connectivity index (χ0n) is 19.5. The maximum absolute atomic E-state index is 12.9. The number of carbonyl (C=O) groups is 1. The summed E-state index contributed by atoms with van der Waals surface area (Å²) in [6.07, 6.45) is 6.49. The van der Waals surface area contributed by atoms with Crippen LogP contribution < -0.4 is 5.32 Å². The normalized spacial score (nSPS) is 13.9. The summed E-state index contributed by atoms with van der Waals surface area (Å²) in [6.45, 7) is 7.20. The van der Waals surface area contributed by atoms with E-state index in [4.69, 9.17) is 0 Å². The average molecular weight is 476 g/mol. The van der Waals surface area contributed by atoms with E-state index in [0.717, 1.165) is 77.3 Å². The molecule has 0 saturated carbocycles. The van der Waals surface area contributed by atoms with Gasteiger partial charge in [0, 0.05) is 37.6 Å². The fraction of sp³-hybridized carbons (Fsp3) is 0.360. The van der Waals surface area contributed by atoms with E-state index in [1.807, 2.05) is 27.4 Å². The van der Waals surface area contributed by atoms with Crippen LogP contribution in [-0.2, 0) is 0 Å². The van der Waals surface area contributed by atoms with Gasteiger partial charge < -0.3 is 20.1 Å². The Morgan fingerprint density at radius 3 is 2.79 bits per heavy atom. The highest BCUT2D eigenvalue weighted by molar-refractivity contribution is 7.16. The number of carbonyl (C=O) groups excluding carboxylic acids is 1. The predicted octanol–water partition coefficient (Wildman–Crippen LogP) is 5.64. The van der Waals surface area contributed by atoms with Crippen molar-refractivity contribution in [1.29, 1.82) is 0 Å². The number of anilines is 2. The highest BCUT2D eigenvalue weighted by Gasteiger charge is 2.23. The van der Waals surface area contributed by atoms with E-state index in [-0.39, 0.29) is 6.03 Å². The first kappa shape index (κ1) is 22.3. The minimum absolute atomic E-state index is 0.144. The zero-order valence-corrected chi connectivity index (χ0v) is 20.4. The van der Waals surface area contributed by atoms with Crippen molar-refractivity contribution in [3.63, 3.8) is 0 Å². The number of thiazole rings is 1. The zero-order chi connectivity index (χ0) is 23.5. The van der Waals surface area contributed by atoms with Crippen LogP contribution in [0.4, 0.5) is 16.3 Å². The molecule has 0 fully saturated rings. The molecule has 9 heteroatoms. The van der Waals surface area contributed by atoms with Gasteiger partial charge in [0.25, 0.3) is 0 Å². The van der Waals surface area contributed by atoms with Gasteiger partial charge in [-0.3, -0.25) is 0 Å². The number of aromatic nitrogens is 4. The van der Waals surface area contributed by atoms with E-state index >= 15 is 0 Å². The second kappa shape index (κ2) is 9.80. The van der Waals surface area contributed by atoms with Crippen LogP contribution in [0.5, 0.6) is 0 Å². The summed E-state index contributed by atoms with van der Waals surface area (Å²) in [5.74, 6) is 0.763. The number of aromatic amines is 1. The monoisotopic (exact) mass is 475 g/mol. The lowest BCUT2D eigenvalue weighted by Crippen LogP contribution is -2.45. The summed E-state index contributed by atoms with van der Waals surface area (Å²) in [4.78, 5) is 33.6. The lowest BCUT2D eigenvalue weighted by Gasteiger charge is -2.32. The van der Waals surface area contributed by atoms with Gasteiger partial charge in [0.1, 0.15) is 17.8 Å². The van der Waals surface area contributed by atoms with E-state index < -0.39 is 0 Å². The Bertz CT molecular complexity index is 1340. The van der Waals surface area contributed by atoms with Crippen molar-refractivity contribution in [2.24, 2.45) is 0 Å². The maximum atomic E-state index is 12.9. The Kier molecular flexibility index (Phi) is 6.44. The smallest absolute Gasteiger partial charge is 0.320 e. The number of nitrogens with one attached hydrogen (secondary N) is 2. The molecule has 0 bridgehead atoms. The number of hydrogen-bond donors (Lipinski definition) is 2. The van der Waals surface area contributed by atoms with Crippen molar-refractivity contribution in [3.05, 3.63) is 47.9 Å². The van der Waals surface area contributed by atoms with Crippen LogP contribution in [0.25, 0.3) is 26.8 Å². The summed E-state index contributed by atoms with van der Waals surface area (Å²) in [7, 11) is 0. The number of hydrogen-bond acceptors (Lipinski definition) is 6. The quantitative estimate of drug-likeness (QED) is 0.361. The first-order valence-electron chi connectivity index (χ1n) is 11.8. The highest BCUT2D eigenvalue weighted by Crippen LogP contribution is 2.30. The van der Waals surface area contributed by atoms with Gasteiger partial charge in [-0.25, -0.2) is 19.7 Å². The SMILES string of the molecule is CCCN(CCC)C(=O)N1CC=C(c2cc3c(Nc4ccc5ncsc5c4)ncnc3[nH]2)CC1. The van der Waals surface area contributed by atoms with E-state index in [9.17, 15) is 4.79 Å². The molecule has 176 valence electrons. The highest BCUT2D eigenvalue weighted by atomic mass is 32.1. The molecule has 4 aromatic rings. The largest absolute Gasteiger partial charge is 0.340 e. The Morgan fingerprint density at radius 1 is 1.18 bits per heavy atom. The molecule has 5 rings (SSSR count). The molecule has 1 aromatic carbocycles. The van der Waals surface area contributed by atoms with Crippen molar-refractivity contribution in [2.75, 3.05) is 31.5 Å². The van der Waals surface area contributed by atoms with Crippen LogP contribution >= 0.6 is 11.3 Å². The molecule has 2 amide bonds. The van der Waals surface area contributed by atoms with Gasteiger partial charge in [-0.1, -0.05) is 19.9 Å². The van der Waals surface area contributed by atoms with Gasteiger partial charge in [0.05, 0.1) is 21.1 Å². The number of benzene rings is 1. The summed E-state index contributed by atoms with van der Waals surface area (Å²) < 4.78 is 1.13. The summed E-state index contributed by atoms with van der Waals surface area (Å²) in [5, 5.41) is 4.38. The van der Waals surface area contributed by atoms with E-state index in [1.165, 1.54) is 5.57 Å². The fourth-order valence-corrected chi connectivity index (χ4v) is 5.13. The van der Waals surface area contributed by atoms with E-state index in [1.54, 1.807) is 17.7 Å². The molecule has 0 unspecified atom stereocenters.